The number of hydrogen-bond acceptors (Lipinski definition) is 4. The molecule has 0 aliphatic heterocycles. The van der Waals surface area contributed by atoms with Crippen LogP contribution in [0, 0.1) is 0 Å². The van der Waals surface area contributed by atoms with E-state index < -0.39 is 6.10 Å². The molecule has 1 aromatic rings. The van der Waals surface area contributed by atoms with Crippen LogP contribution < -0.4 is 4.74 Å². The van der Waals surface area contributed by atoms with E-state index in [2.05, 4.69) is 5.10 Å². The molecular weight excluding hydrogens is 208 g/mol. The number of aromatic nitrogens is 2. The monoisotopic (exact) mass is 228 g/mol. The second kappa shape index (κ2) is 6.50. The highest BCUT2D eigenvalue weighted by molar-refractivity contribution is 5.11. The number of nitrogens with zero attached hydrogens (tertiary/aromatic N) is 2. The van der Waals surface area contributed by atoms with Crippen LogP contribution in [-0.2, 0) is 11.3 Å². The lowest BCUT2D eigenvalue weighted by Gasteiger charge is -2.13. The zero-order chi connectivity index (χ0) is 12.0. The van der Waals surface area contributed by atoms with Gasteiger partial charge in [0, 0.05) is 6.54 Å². The fourth-order valence-corrected chi connectivity index (χ4v) is 1.14. The third-order valence-corrected chi connectivity index (χ3v) is 2.00. The van der Waals surface area contributed by atoms with E-state index in [-0.39, 0.29) is 12.7 Å². The van der Waals surface area contributed by atoms with Gasteiger partial charge in [-0.05, 0) is 20.8 Å². The van der Waals surface area contributed by atoms with Gasteiger partial charge in [0.2, 0.25) is 0 Å². The van der Waals surface area contributed by atoms with Crippen LogP contribution in [0.1, 0.15) is 20.8 Å². The molecule has 0 saturated carbocycles. The van der Waals surface area contributed by atoms with Crippen molar-refractivity contribution in [3.63, 3.8) is 0 Å². The lowest BCUT2D eigenvalue weighted by Crippen LogP contribution is -2.25. The third kappa shape index (κ3) is 4.63. The van der Waals surface area contributed by atoms with Crippen molar-refractivity contribution in [3.8, 4) is 5.75 Å². The predicted molar refractivity (Wildman–Crippen MR) is 60.5 cm³/mol. The Morgan fingerprint density at radius 3 is 2.75 bits per heavy atom. The molecule has 0 saturated heterocycles. The number of hydrogen-bond donors (Lipinski definition) is 1. The maximum Gasteiger partial charge on any atom is 0.157 e. The molecule has 0 aliphatic rings. The lowest BCUT2D eigenvalue weighted by atomic mass is 10.4. The summed E-state index contributed by atoms with van der Waals surface area (Å²) in [6.45, 7) is 7.18. The number of aliphatic hydroxyl groups is 1. The van der Waals surface area contributed by atoms with Gasteiger partial charge in [-0.3, -0.25) is 4.68 Å². The second-order valence-corrected chi connectivity index (χ2v) is 3.88. The second-order valence-electron chi connectivity index (χ2n) is 3.88. The summed E-state index contributed by atoms with van der Waals surface area (Å²) < 4.78 is 12.4. The molecule has 0 bridgehead atoms. The summed E-state index contributed by atoms with van der Waals surface area (Å²) in [5.74, 6) is 0.672. The first-order valence-electron chi connectivity index (χ1n) is 5.56. The Balaban J connectivity index is 2.23. The quantitative estimate of drug-likeness (QED) is 0.758. The largest absolute Gasteiger partial charge is 0.488 e. The SMILES string of the molecule is CCn1cc(OCC(O)COC(C)C)cn1. The molecule has 5 heteroatoms. The van der Waals surface area contributed by atoms with Gasteiger partial charge in [-0.2, -0.15) is 5.10 Å². The van der Waals surface area contributed by atoms with E-state index in [1.807, 2.05) is 20.8 Å². The molecule has 1 atom stereocenters. The maximum absolute atomic E-state index is 9.55. The van der Waals surface area contributed by atoms with Crippen molar-refractivity contribution < 1.29 is 14.6 Å². The topological polar surface area (TPSA) is 56.5 Å². The molecular formula is C11H20N2O3. The van der Waals surface area contributed by atoms with Gasteiger partial charge in [-0.15, -0.1) is 0 Å². The number of aliphatic hydroxyl groups excluding tert-OH is 1. The van der Waals surface area contributed by atoms with Crippen molar-refractivity contribution in [3.05, 3.63) is 12.4 Å². The zero-order valence-corrected chi connectivity index (χ0v) is 10.1. The highest BCUT2D eigenvalue weighted by Gasteiger charge is 2.07. The molecule has 0 amide bonds. The summed E-state index contributed by atoms with van der Waals surface area (Å²) in [5.41, 5.74) is 0. The number of rotatable bonds is 7. The molecule has 5 nitrogen and oxygen atoms in total. The van der Waals surface area contributed by atoms with E-state index >= 15 is 0 Å². The van der Waals surface area contributed by atoms with Crippen molar-refractivity contribution >= 4 is 0 Å². The Hall–Kier alpha value is -1.07. The summed E-state index contributed by atoms with van der Waals surface area (Å²) in [4.78, 5) is 0. The van der Waals surface area contributed by atoms with E-state index in [0.29, 0.717) is 12.4 Å². The Morgan fingerprint density at radius 1 is 1.44 bits per heavy atom. The Kier molecular flexibility index (Phi) is 5.28. The van der Waals surface area contributed by atoms with E-state index in [1.54, 1.807) is 17.1 Å². The van der Waals surface area contributed by atoms with Crippen molar-refractivity contribution in [1.29, 1.82) is 0 Å². The molecule has 1 heterocycles. The molecule has 0 aliphatic carbocycles. The normalized spacial score (nSPS) is 13.1. The van der Waals surface area contributed by atoms with Crippen molar-refractivity contribution in [2.75, 3.05) is 13.2 Å². The molecule has 0 radical (unpaired) electrons. The smallest absolute Gasteiger partial charge is 0.157 e. The van der Waals surface area contributed by atoms with Gasteiger partial charge in [0.1, 0.15) is 12.7 Å². The first-order valence-corrected chi connectivity index (χ1v) is 5.56. The van der Waals surface area contributed by atoms with Gasteiger partial charge in [0.15, 0.2) is 5.75 Å². The fourth-order valence-electron chi connectivity index (χ4n) is 1.14. The van der Waals surface area contributed by atoms with Crippen LogP contribution in [-0.4, -0.2) is 40.3 Å². The highest BCUT2D eigenvalue weighted by atomic mass is 16.5. The van der Waals surface area contributed by atoms with Gasteiger partial charge in [-0.25, -0.2) is 0 Å². The average molecular weight is 228 g/mol. The van der Waals surface area contributed by atoms with E-state index in [9.17, 15) is 5.11 Å². The zero-order valence-electron chi connectivity index (χ0n) is 10.1. The first kappa shape index (κ1) is 13.0. The summed E-state index contributed by atoms with van der Waals surface area (Å²) in [5, 5.41) is 13.6. The van der Waals surface area contributed by atoms with Gasteiger partial charge in [0.25, 0.3) is 0 Å². The minimum atomic E-state index is -0.604. The summed E-state index contributed by atoms with van der Waals surface area (Å²) in [7, 11) is 0. The average Bonchev–Trinajstić information content (AvgIpc) is 2.71. The molecule has 0 aromatic carbocycles. The molecule has 0 fully saturated rings. The maximum atomic E-state index is 9.55. The molecule has 16 heavy (non-hydrogen) atoms. The van der Waals surface area contributed by atoms with Gasteiger partial charge < -0.3 is 14.6 Å². The lowest BCUT2D eigenvalue weighted by molar-refractivity contribution is -0.0122. The summed E-state index contributed by atoms with van der Waals surface area (Å²) in [6, 6.07) is 0. The summed E-state index contributed by atoms with van der Waals surface area (Å²) >= 11 is 0. The van der Waals surface area contributed by atoms with E-state index in [0.717, 1.165) is 6.54 Å². The third-order valence-electron chi connectivity index (χ3n) is 2.00. The molecule has 92 valence electrons. The minimum absolute atomic E-state index is 0.123. The highest BCUT2D eigenvalue weighted by Crippen LogP contribution is 2.08. The Labute approximate surface area is 96.0 Å². The van der Waals surface area contributed by atoms with Crippen LogP contribution in [0.5, 0.6) is 5.75 Å². The van der Waals surface area contributed by atoms with Crippen molar-refractivity contribution in [2.45, 2.75) is 39.5 Å². The van der Waals surface area contributed by atoms with Crippen LogP contribution in [0.2, 0.25) is 0 Å². The Bertz CT molecular complexity index is 299. The van der Waals surface area contributed by atoms with Crippen LogP contribution in [0.15, 0.2) is 12.4 Å². The van der Waals surface area contributed by atoms with Crippen LogP contribution >= 0.6 is 0 Å². The molecule has 1 N–H and O–H groups in total. The van der Waals surface area contributed by atoms with Crippen molar-refractivity contribution in [1.82, 2.24) is 9.78 Å². The molecule has 1 aromatic heterocycles. The number of ether oxygens (including phenoxy) is 2. The first-order chi connectivity index (χ1) is 7.61. The Morgan fingerprint density at radius 2 is 2.19 bits per heavy atom. The van der Waals surface area contributed by atoms with Gasteiger partial charge in [-0.1, -0.05) is 0 Å². The van der Waals surface area contributed by atoms with Crippen LogP contribution in [0.25, 0.3) is 0 Å². The van der Waals surface area contributed by atoms with Crippen molar-refractivity contribution in [2.24, 2.45) is 0 Å². The molecule has 1 rings (SSSR count). The molecule has 0 spiro atoms. The van der Waals surface area contributed by atoms with Gasteiger partial charge in [0.05, 0.1) is 25.1 Å². The van der Waals surface area contributed by atoms with Crippen LogP contribution in [0.3, 0.4) is 0 Å². The van der Waals surface area contributed by atoms with Crippen LogP contribution in [0.4, 0.5) is 0 Å². The minimum Gasteiger partial charge on any atom is -0.488 e. The van der Waals surface area contributed by atoms with Gasteiger partial charge >= 0.3 is 0 Å². The van der Waals surface area contributed by atoms with E-state index in [1.165, 1.54) is 0 Å². The van der Waals surface area contributed by atoms with E-state index in [4.69, 9.17) is 9.47 Å². The number of aryl methyl sites for hydroxylation is 1. The standard InChI is InChI=1S/C11H20N2O3/c1-4-13-6-11(5-12-13)16-8-10(14)7-15-9(2)3/h5-6,9-10,14H,4,7-8H2,1-3H3. The summed E-state index contributed by atoms with van der Waals surface area (Å²) in [6.07, 6.45) is 2.96. The fraction of sp³-hybridized carbons (Fsp3) is 0.727. The predicted octanol–water partition coefficient (Wildman–Crippen LogP) is 1.07. The molecule has 1 unspecified atom stereocenters.